The van der Waals surface area contributed by atoms with E-state index in [1.807, 2.05) is 29.2 Å². The number of pyridine rings is 1. The van der Waals surface area contributed by atoms with E-state index in [1.54, 1.807) is 13.2 Å². The van der Waals surface area contributed by atoms with E-state index >= 15 is 0 Å². The van der Waals surface area contributed by atoms with Gasteiger partial charge in [0.05, 0.1) is 18.4 Å². The number of nitrogens with two attached hydrogens (primary N) is 1. The van der Waals surface area contributed by atoms with Crippen LogP contribution < -0.4 is 21.1 Å². The quantitative estimate of drug-likeness (QED) is 0.561. The number of nitrogens with one attached hydrogen (secondary N) is 2. The first kappa shape index (κ1) is 22.4. The van der Waals surface area contributed by atoms with Crippen LogP contribution in [-0.4, -0.2) is 62.2 Å². The van der Waals surface area contributed by atoms with Crippen LogP contribution in [0, 0.1) is 5.92 Å². The van der Waals surface area contributed by atoms with Crippen molar-refractivity contribution < 1.29 is 19.1 Å². The molecule has 31 heavy (non-hydrogen) atoms. The first-order valence-electron chi connectivity index (χ1n) is 10.2. The Labute approximate surface area is 181 Å². The van der Waals surface area contributed by atoms with Crippen LogP contribution in [0.15, 0.2) is 36.5 Å². The fourth-order valence-electron chi connectivity index (χ4n) is 3.62. The van der Waals surface area contributed by atoms with Gasteiger partial charge in [-0.05, 0) is 43.0 Å². The van der Waals surface area contributed by atoms with E-state index in [0.29, 0.717) is 30.2 Å². The number of carbonyl (C=O) groups excluding carboxylic acids is 2. The van der Waals surface area contributed by atoms with Crippen molar-refractivity contribution in [3.8, 4) is 5.75 Å². The van der Waals surface area contributed by atoms with E-state index in [4.69, 9.17) is 15.2 Å². The van der Waals surface area contributed by atoms with Crippen molar-refractivity contribution in [3.63, 3.8) is 0 Å². The number of primary amides is 1. The molecule has 1 saturated heterocycles. The molecule has 2 heterocycles. The molecule has 0 aliphatic carbocycles. The Morgan fingerprint density at radius 1 is 1.26 bits per heavy atom. The highest BCUT2D eigenvalue weighted by atomic mass is 16.5. The summed E-state index contributed by atoms with van der Waals surface area (Å²) in [7, 11) is 3.14. The summed E-state index contributed by atoms with van der Waals surface area (Å²) in [6.07, 6.45) is 3.40. The molecule has 2 amide bonds. The smallest absolute Gasteiger partial charge is 0.252 e. The Kier molecular flexibility index (Phi) is 7.66. The Morgan fingerprint density at radius 2 is 2.03 bits per heavy atom. The molecule has 0 saturated carbocycles. The summed E-state index contributed by atoms with van der Waals surface area (Å²) < 4.78 is 10.1. The standard InChI is InChI=1S/C22H29N5O4/c1-30-14-21(28)27-9-3-4-15(13-27)11-24-19-10-20(25-12-18(19)22(23)29)26-16-5-7-17(31-2)8-6-16/h5-8,10,12,15H,3-4,9,11,13-14H2,1-2H3,(H2,23,29)(H2,24,25,26). The lowest BCUT2D eigenvalue weighted by Gasteiger charge is -2.33. The largest absolute Gasteiger partial charge is 0.497 e. The summed E-state index contributed by atoms with van der Waals surface area (Å²) in [5, 5.41) is 6.54. The average molecular weight is 428 g/mol. The summed E-state index contributed by atoms with van der Waals surface area (Å²) in [4.78, 5) is 30.1. The molecule has 0 radical (unpaired) electrons. The van der Waals surface area contributed by atoms with Gasteiger partial charge in [0.15, 0.2) is 0 Å². The Bertz CT molecular complexity index is 903. The maximum Gasteiger partial charge on any atom is 0.252 e. The minimum Gasteiger partial charge on any atom is -0.497 e. The average Bonchev–Trinajstić information content (AvgIpc) is 2.78. The summed E-state index contributed by atoms with van der Waals surface area (Å²) >= 11 is 0. The van der Waals surface area contributed by atoms with Gasteiger partial charge in [-0.25, -0.2) is 4.98 Å². The highest BCUT2D eigenvalue weighted by molar-refractivity contribution is 5.98. The van der Waals surface area contributed by atoms with Crippen LogP contribution in [0.3, 0.4) is 0 Å². The maximum atomic E-state index is 12.1. The molecule has 0 bridgehead atoms. The van der Waals surface area contributed by atoms with E-state index in [0.717, 1.165) is 30.8 Å². The molecule has 1 aromatic carbocycles. The molecule has 4 N–H and O–H groups in total. The Hall–Kier alpha value is -3.33. The summed E-state index contributed by atoms with van der Waals surface area (Å²) in [5.41, 5.74) is 7.30. The van der Waals surface area contributed by atoms with Gasteiger partial charge >= 0.3 is 0 Å². The summed E-state index contributed by atoms with van der Waals surface area (Å²) in [6, 6.07) is 9.21. The third-order valence-corrected chi connectivity index (χ3v) is 5.25. The third kappa shape index (κ3) is 6.08. The van der Waals surface area contributed by atoms with Gasteiger partial charge in [-0.3, -0.25) is 9.59 Å². The van der Waals surface area contributed by atoms with E-state index in [2.05, 4.69) is 15.6 Å². The van der Waals surface area contributed by atoms with Gasteiger partial charge in [-0.15, -0.1) is 0 Å². The first-order chi connectivity index (χ1) is 15.0. The molecule has 9 heteroatoms. The number of anilines is 3. The molecule has 1 fully saturated rings. The van der Waals surface area contributed by atoms with Gasteiger partial charge in [0, 0.05) is 44.7 Å². The third-order valence-electron chi connectivity index (χ3n) is 5.25. The van der Waals surface area contributed by atoms with E-state index in [1.165, 1.54) is 13.3 Å². The number of aromatic nitrogens is 1. The van der Waals surface area contributed by atoms with E-state index < -0.39 is 5.91 Å². The molecule has 0 spiro atoms. The van der Waals surface area contributed by atoms with Crippen molar-refractivity contribution in [1.29, 1.82) is 0 Å². The zero-order valence-electron chi connectivity index (χ0n) is 17.9. The van der Waals surface area contributed by atoms with Crippen LogP contribution in [-0.2, 0) is 9.53 Å². The van der Waals surface area contributed by atoms with Crippen molar-refractivity contribution in [3.05, 3.63) is 42.1 Å². The molecule has 3 rings (SSSR count). The highest BCUT2D eigenvalue weighted by Gasteiger charge is 2.23. The second-order valence-corrected chi connectivity index (χ2v) is 7.49. The number of nitrogens with zero attached hydrogens (tertiary/aromatic N) is 2. The van der Waals surface area contributed by atoms with Gasteiger partial charge < -0.3 is 30.7 Å². The summed E-state index contributed by atoms with van der Waals surface area (Å²) in [5.74, 6) is 1.06. The zero-order valence-corrected chi connectivity index (χ0v) is 17.9. The number of amides is 2. The molecule has 1 aromatic heterocycles. The fourth-order valence-corrected chi connectivity index (χ4v) is 3.62. The van der Waals surface area contributed by atoms with Crippen molar-refractivity contribution in [1.82, 2.24) is 9.88 Å². The molecule has 1 aliphatic rings. The van der Waals surface area contributed by atoms with Crippen LogP contribution in [0.25, 0.3) is 0 Å². The van der Waals surface area contributed by atoms with Crippen molar-refractivity contribution in [2.24, 2.45) is 11.7 Å². The van der Waals surface area contributed by atoms with Crippen LogP contribution in [0.1, 0.15) is 23.2 Å². The number of methoxy groups -OCH3 is 2. The zero-order chi connectivity index (χ0) is 22.2. The number of benzene rings is 1. The lowest BCUT2D eigenvalue weighted by Crippen LogP contribution is -2.43. The predicted octanol–water partition coefficient (Wildman–Crippen LogP) is 2.23. The SMILES string of the molecule is COCC(=O)N1CCCC(CNc2cc(Nc3ccc(OC)cc3)ncc2C(N)=O)C1. The van der Waals surface area contributed by atoms with Gasteiger partial charge in [0.2, 0.25) is 5.91 Å². The van der Waals surface area contributed by atoms with Crippen LogP contribution >= 0.6 is 0 Å². The van der Waals surface area contributed by atoms with Gasteiger partial charge in [0.1, 0.15) is 18.2 Å². The monoisotopic (exact) mass is 427 g/mol. The first-order valence-corrected chi connectivity index (χ1v) is 10.2. The highest BCUT2D eigenvalue weighted by Crippen LogP contribution is 2.24. The predicted molar refractivity (Wildman–Crippen MR) is 119 cm³/mol. The van der Waals surface area contributed by atoms with Gasteiger partial charge in [-0.2, -0.15) is 0 Å². The lowest BCUT2D eigenvalue weighted by atomic mass is 9.97. The second-order valence-electron chi connectivity index (χ2n) is 7.49. The maximum absolute atomic E-state index is 12.1. The fraction of sp³-hybridized carbons (Fsp3) is 0.409. The van der Waals surface area contributed by atoms with Crippen LogP contribution in [0.4, 0.5) is 17.2 Å². The molecule has 2 aromatic rings. The molecule has 1 unspecified atom stereocenters. The van der Waals surface area contributed by atoms with Crippen molar-refractivity contribution in [2.45, 2.75) is 12.8 Å². The van der Waals surface area contributed by atoms with Crippen LogP contribution in [0.2, 0.25) is 0 Å². The number of piperidine rings is 1. The molecule has 1 aliphatic heterocycles. The number of rotatable bonds is 9. The minimum absolute atomic E-state index is 0.0000797. The normalized spacial score (nSPS) is 15.9. The van der Waals surface area contributed by atoms with Crippen molar-refractivity contribution >= 4 is 29.0 Å². The number of hydrogen-bond acceptors (Lipinski definition) is 7. The molecule has 1 atom stereocenters. The van der Waals surface area contributed by atoms with E-state index in [-0.39, 0.29) is 18.4 Å². The molecular weight excluding hydrogens is 398 g/mol. The number of carbonyl (C=O) groups is 2. The molecule has 166 valence electrons. The molecular formula is C22H29N5O4. The van der Waals surface area contributed by atoms with Crippen molar-refractivity contribution in [2.75, 3.05) is 51.1 Å². The van der Waals surface area contributed by atoms with Crippen LogP contribution in [0.5, 0.6) is 5.75 Å². The van der Waals surface area contributed by atoms with E-state index in [9.17, 15) is 9.59 Å². The minimum atomic E-state index is -0.549. The number of hydrogen-bond donors (Lipinski definition) is 3. The van der Waals surface area contributed by atoms with Gasteiger partial charge in [-0.1, -0.05) is 0 Å². The number of ether oxygens (including phenoxy) is 2. The lowest BCUT2D eigenvalue weighted by molar-refractivity contribution is -0.136. The second kappa shape index (κ2) is 10.6. The molecule has 9 nitrogen and oxygen atoms in total. The topological polar surface area (TPSA) is 119 Å². The Morgan fingerprint density at radius 3 is 2.71 bits per heavy atom. The summed E-state index contributed by atoms with van der Waals surface area (Å²) in [6.45, 7) is 2.11. The number of likely N-dealkylation sites (tertiary alicyclic amines) is 1. The Balaban J connectivity index is 1.68. The van der Waals surface area contributed by atoms with Gasteiger partial charge in [0.25, 0.3) is 5.91 Å².